The van der Waals surface area contributed by atoms with Gasteiger partial charge in [0.1, 0.15) is 0 Å². The number of hydrogen-bond donors (Lipinski definition) is 1. The molecule has 0 aliphatic carbocycles. The highest BCUT2D eigenvalue weighted by atomic mass is 35.5. The SMILES string of the molecule is CC(C)CNCc1ccc(N(C)C2CCOC2C)c(Cl)c1. The molecule has 2 atom stereocenters. The molecule has 0 saturated carbocycles. The Morgan fingerprint density at radius 2 is 2.19 bits per heavy atom. The largest absolute Gasteiger partial charge is 0.376 e. The minimum absolute atomic E-state index is 0.262. The molecule has 1 aromatic rings. The summed E-state index contributed by atoms with van der Waals surface area (Å²) in [5.74, 6) is 0.662. The summed E-state index contributed by atoms with van der Waals surface area (Å²) in [5.41, 5.74) is 2.32. The van der Waals surface area contributed by atoms with Crippen LogP contribution in [0.4, 0.5) is 5.69 Å². The van der Waals surface area contributed by atoms with Crippen molar-refractivity contribution in [3.63, 3.8) is 0 Å². The van der Waals surface area contributed by atoms with Crippen LogP contribution in [0.15, 0.2) is 18.2 Å². The molecule has 3 nitrogen and oxygen atoms in total. The summed E-state index contributed by atoms with van der Waals surface area (Å²) in [6.07, 6.45) is 1.32. The van der Waals surface area contributed by atoms with Gasteiger partial charge in [-0.1, -0.05) is 31.5 Å². The number of ether oxygens (including phenoxy) is 1. The van der Waals surface area contributed by atoms with Crippen LogP contribution in [0.5, 0.6) is 0 Å². The second-order valence-electron chi connectivity index (χ2n) is 6.35. The predicted octanol–water partition coefficient (Wildman–Crippen LogP) is 3.70. The Labute approximate surface area is 133 Å². The summed E-state index contributed by atoms with van der Waals surface area (Å²) in [6.45, 7) is 9.28. The molecule has 4 heteroatoms. The fraction of sp³-hybridized carbons (Fsp3) is 0.647. The third-order valence-electron chi connectivity index (χ3n) is 4.11. The van der Waals surface area contributed by atoms with E-state index in [0.29, 0.717) is 12.0 Å². The summed E-state index contributed by atoms with van der Waals surface area (Å²) >= 11 is 6.48. The molecule has 1 saturated heterocycles. The van der Waals surface area contributed by atoms with Gasteiger partial charge in [-0.25, -0.2) is 0 Å². The highest BCUT2D eigenvalue weighted by Gasteiger charge is 2.28. The average Bonchev–Trinajstić information content (AvgIpc) is 2.84. The number of nitrogens with zero attached hydrogens (tertiary/aromatic N) is 1. The van der Waals surface area contributed by atoms with Crippen LogP contribution in [0.3, 0.4) is 0 Å². The van der Waals surface area contributed by atoms with Crippen molar-refractivity contribution in [1.82, 2.24) is 5.32 Å². The molecule has 1 aromatic carbocycles. The van der Waals surface area contributed by atoms with Crippen LogP contribution in [0, 0.1) is 5.92 Å². The van der Waals surface area contributed by atoms with Crippen LogP contribution in [-0.4, -0.2) is 32.3 Å². The van der Waals surface area contributed by atoms with E-state index in [0.717, 1.165) is 36.8 Å². The first kappa shape index (κ1) is 16.6. The van der Waals surface area contributed by atoms with Crippen molar-refractivity contribution in [3.05, 3.63) is 28.8 Å². The van der Waals surface area contributed by atoms with Gasteiger partial charge in [-0.2, -0.15) is 0 Å². The Balaban J connectivity index is 2.01. The molecule has 21 heavy (non-hydrogen) atoms. The number of nitrogens with one attached hydrogen (secondary N) is 1. The first-order chi connectivity index (χ1) is 9.99. The van der Waals surface area contributed by atoms with Crippen molar-refractivity contribution in [2.75, 3.05) is 25.1 Å². The van der Waals surface area contributed by atoms with Crippen LogP contribution >= 0.6 is 11.6 Å². The number of anilines is 1. The summed E-state index contributed by atoms with van der Waals surface area (Å²) in [4.78, 5) is 2.26. The molecule has 0 spiro atoms. The van der Waals surface area contributed by atoms with Crippen LogP contribution in [0.25, 0.3) is 0 Å². The third-order valence-corrected chi connectivity index (χ3v) is 4.41. The van der Waals surface area contributed by atoms with E-state index in [-0.39, 0.29) is 6.10 Å². The van der Waals surface area contributed by atoms with Gasteiger partial charge in [0.05, 0.1) is 22.9 Å². The maximum absolute atomic E-state index is 6.48. The molecule has 0 aromatic heterocycles. The molecule has 0 amide bonds. The summed E-state index contributed by atoms with van der Waals surface area (Å²) < 4.78 is 5.65. The van der Waals surface area contributed by atoms with Crippen molar-refractivity contribution in [2.24, 2.45) is 5.92 Å². The van der Waals surface area contributed by atoms with Crippen LogP contribution < -0.4 is 10.2 Å². The van der Waals surface area contributed by atoms with E-state index in [4.69, 9.17) is 16.3 Å². The van der Waals surface area contributed by atoms with Gasteiger partial charge in [0.25, 0.3) is 0 Å². The molecule has 0 radical (unpaired) electrons. The number of benzene rings is 1. The van der Waals surface area contributed by atoms with Crippen molar-refractivity contribution in [1.29, 1.82) is 0 Å². The molecule has 1 fully saturated rings. The van der Waals surface area contributed by atoms with Crippen molar-refractivity contribution in [2.45, 2.75) is 45.9 Å². The van der Waals surface area contributed by atoms with E-state index in [2.05, 4.69) is 56.2 Å². The summed E-state index contributed by atoms with van der Waals surface area (Å²) in [7, 11) is 2.10. The van der Waals surface area contributed by atoms with Gasteiger partial charge >= 0.3 is 0 Å². The van der Waals surface area contributed by atoms with E-state index in [9.17, 15) is 0 Å². The van der Waals surface area contributed by atoms with Crippen molar-refractivity contribution >= 4 is 17.3 Å². The molecule has 1 N–H and O–H groups in total. The van der Waals surface area contributed by atoms with E-state index in [1.165, 1.54) is 5.56 Å². The standard InChI is InChI=1S/C17H27ClN2O/c1-12(2)10-19-11-14-5-6-17(15(18)9-14)20(4)16-7-8-21-13(16)3/h5-6,9,12-13,16,19H,7-8,10-11H2,1-4H3. The normalized spacial score (nSPS) is 22.0. The summed E-state index contributed by atoms with van der Waals surface area (Å²) in [5, 5.41) is 4.27. The lowest BCUT2D eigenvalue weighted by Crippen LogP contribution is -2.36. The Morgan fingerprint density at radius 1 is 1.43 bits per heavy atom. The smallest absolute Gasteiger partial charge is 0.0750 e. The molecule has 1 aliphatic rings. The molecule has 0 bridgehead atoms. The lowest BCUT2D eigenvalue weighted by molar-refractivity contribution is 0.118. The number of rotatable bonds is 6. The third kappa shape index (κ3) is 4.35. The van der Waals surface area contributed by atoms with Gasteiger partial charge in [-0.3, -0.25) is 0 Å². The molecule has 118 valence electrons. The fourth-order valence-corrected chi connectivity index (χ4v) is 3.20. The molecule has 1 heterocycles. The Hall–Kier alpha value is -0.770. The zero-order valence-corrected chi connectivity index (χ0v) is 14.3. The van der Waals surface area contributed by atoms with E-state index in [1.807, 2.05) is 0 Å². The molecular weight excluding hydrogens is 284 g/mol. The van der Waals surface area contributed by atoms with Crippen molar-refractivity contribution in [3.8, 4) is 0 Å². The highest BCUT2D eigenvalue weighted by Crippen LogP contribution is 2.31. The average molecular weight is 311 g/mol. The molecule has 2 unspecified atom stereocenters. The fourth-order valence-electron chi connectivity index (χ4n) is 2.86. The maximum Gasteiger partial charge on any atom is 0.0750 e. The van der Waals surface area contributed by atoms with Gasteiger partial charge in [-0.05, 0) is 43.5 Å². The van der Waals surface area contributed by atoms with Gasteiger partial charge in [0.2, 0.25) is 0 Å². The summed E-state index contributed by atoms with van der Waals surface area (Å²) in [6, 6.07) is 6.76. The first-order valence-corrected chi connectivity index (χ1v) is 8.20. The van der Waals surface area contributed by atoms with E-state index in [1.54, 1.807) is 0 Å². The molecule has 2 rings (SSSR count). The Morgan fingerprint density at radius 3 is 2.76 bits per heavy atom. The van der Waals surface area contributed by atoms with E-state index < -0.39 is 0 Å². The lowest BCUT2D eigenvalue weighted by Gasteiger charge is -2.29. The van der Waals surface area contributed by atoms with Gasteiger partial charge in [0.15, 0.2) is 0 Å². The van der Waals surface area contributed by atoms with Gasteiger partial charge in [-0.15, -0.1) is 0 Å². The van der Waals surface area contributed by atoms with Crippen LogP contribution in [0.1, 0.15) is 32.8 Å². The second kappa shape index (κ2) is 7.48. The zero-order chi connectivity index (χ0) is 15.4. The predicted molar refractivity (Wildman–Crippen MR) is 90.2 cm³/mol. The zero-order valence-electron chi connectivity index (χ0n) is 13.5. The van der Waals surface area contributed by atoms with Crippen LogP contribution in [-0.2, 0) is 11.3 Å². The lowest BCUT2D eigenvalue weighted by atomic mass is 10.1. The topological polar surface area (TPSA) is 24.5 Å². The van der Waals surface area contributed by atoms with Gasteiger partial charge < -0.3 is 15.0 Å². The maximum atomic E-state index is 6.48. The quantitative estimate of drug-likeness (QED) is 0.867. The van der Waals surface area contributed by atoms with Crippen LogP contribution in [0.2, 0.25) is 5.02 Å². The second-order valence-corrected chi connectivity index (χ2v) is 6.76. The Bertz CT molecular complexity index is 464. The minimum Gasteiger partial charge on any atom is -0.376 e. The van der Waals surface area contributed by atoms with Gasteiger partial charge in [0, 0.05) is 20.2 Å². The van der Waals surface area contributed by atoms with E-state index >= 15 is 0 Å². The molecular formula is C17H27ClN2O. The monoisotopic (exact) mass is 310 g/mol. The number of likely N-dealkylation sites (N-methyl/N-ethyl adjacent to an activating group) is 1. The van der Waals surface area contributed by atoms with Crippen molar-refractivity contribution < 1.29 is 4.74 Å². The Kier molecular flexibility index (Phi) is 5.91. The molecule has 1 aliphatic heterocycles. The number of hydrogen-bond acceptors (Lipinski definition) is 3. The first-order valence-electron chi connectivity index (χ1n) is 7.82. The minimum atomic E-state index is 0.262. The highest BCUT2D eigenvalue weighted by molar-refractivity contribution is 6.33. The number of halogens is 1.